The molecule has 0 bridgehead atoms. The Labute approximate surface area is 364 Å². The van der Waals surface area contributed by atoms with E-state index in [0.717, 1.165) is 33.2 Å². The van der Waals surface area contributed by atoms with Crippen LogP contribution < -0.4 is 0 Å². The zero-order chi connectivity index (χ0) is 41.2. The van der Waals surface area contributed by atoms with Gasteiger partial charge in [0.2, 0.25) is 5.95 Å². The third kappa shape index (κ3) is 4.89. The van der Waals surface area contributed by atoms with Gasteiger partial charge in [0.25, 0.3) is 0 Å². The van der Waals surface area contributed by atoms with Gasteiger partial charge in [-0.25, -0.2) is 4.98 Å². The SMILES string of the molecule is c1ccc(-c2nc(-c3ccccc3)nc(-n3c4ccccc4c4c3c3sc5ccccc5c3c3c5cc6c7ccccc7c7ccccc7c6cc5n(-c5ccccc5)c34)n2)cc1. The van der Waals surface area contributed by atoms with E-state index in [1.165, 1.54) is 79.7 Å². The maximum absolute atomic E-state index is 5.37. The van der Waals surface area contributed by atoms with Crippen LogP contribution in [-0.2, 0) is 0 Å². The molecule has 0 aliphatic heterocycles. The highest BCUT2D eigenvalue weighted by Gasteiger charge is 2.28. The third-order valence-electron chi connectivity index (χ3n) is 12.9. The van der Waals surface area contributed by atoms with Crippen LogP contribution in [0.2, 0.25) is 0 Å². The standard InChI is InChI=1S/C57H33N5S/c1-4-18-34(19-5-1)55-58-56(35-20-6-2-7-21-35)60-57(59-55)62-46-30-16-14-28-41(46)51-52-49(50-42-29-15-17-31-48(42)63-54(50)53(51)62)45-32-43-39-26-12-10-24-37(39)38-25-11-13-27-40(38)44(43)33-47(45)61(52)36-22-8-3-9-23-36/h1-33H. The molecular formula is C57H33N5S. The lowest BCUT2D eigenvalue weighted by molar-refractivity contribution is 0.955. The zero-order valence-electron chi connectivity index (χ0n) is 33.7. The van der Waals surface area contributed by atoms with Gasteiger partial charge in [-0.3, -0.25) is 4.57 Å². The Kier molecular flexibility index (Phi) is 7.21. The fourth-order valence-electron chi connectivity index (χ4n) is 10.3. The molecule has 0 aliphatic rings. The Morgan fingerprint density at radius 1 is 0.333 bits per heavy atom. The Morgan fingerprint density at radius 3 is 1.48 bits per heavy atom. The van der Waals surface area contributed by atoms with Gasteiger partial charge in [0.15, 0.2) is 11.6 Å². The largest absolute Gasteiger partial charge is 0.308 e. The van der Waals surface area contributed by atoms with Gasteiger partial charge >= 0.3 is 0 Å². The lowest BCUT2D eigenvalue weighted by atomic mass is 9.93. The van der Waals surface area contributed by atoms with Gasteiger partial charge in [-0.2, -0.15) is 9.97 Å². The molecule has 0 saturated carbocycles. The molecule has 0 unspecified atom stereocenters. The lowest BCUT2D eigenvalue weighted by Crippen LogP contribution is -2.06. The van der Waals surface area contributed by atoms with Crippen LogP contribution in [0, 0.1) is 0 Å². The fraction of sp³-hybridized carbons (Fsp3) is 0. The number of aromatic nitrogens is 5. The summed E-state index contributed by atoms with van der Waals surface area (Å²) in [5, 5.41) is 14.8. The Hall–Kier alpha value is -8.19. The molecule has 5 nitrogen and oxygen atoms in total. The van der Waals surface area contributed by atoms with Crippen LogP contribution in [0.25, 0.3) is 131 Å². The third-order valence-corrected chi connectivity index (χ3v) is 14.1. The van der Waals surface area contributed by atoms with Gasteiger partial charge in [-0.05, 0) is 68.7 Å². The molecule has 6 heteroatoms. The number of fused-ring (bicyclic) bond motifs is 18. The molecule has 0 atom stereocenters. The molecule has 0 fully saturated rings. The molecular weight excluding hydrogens is 787 g/mol. The molecule has 0 aliphatic carbocycles. The van der Waals surface area contributed by atoms with Crippen LogP contribution >= 0.6 is 11.3 Å². The molecule has 0 N–H and O–H groups in total. The summed E-state index contributed by atoms with van der Waals surface area (Å²) in [6.45, 7) is 0. The highest BCUT2D eigenvalue weighted by atomic mass is 32.1. The molecule has 0 spiro atoms. The van der Waals surface area contributed by atoms with Gasteiger partial charge in [0, 0.05) is 53.8 Å². The summed E-state index contributed by atoms with van der Waals surface area (Å²) in [5.74, 6) is 1.84. The first kappa shape index (κ1) is 34.5. The number of hydrogen-bond acceptors (Lipinski definition) is 4. The normalized spacial score (nSPS) is 12.1. The zero-order valence-corrected chi connectivity index (χ0v) is 34.5. The second-order valence-electron chi connectivity index (χ2n) is 16.3. The highest BCUT2D eigenvalue weighted by molar-refractivity contribution is 7.27. The van der Waals surface area contributed by atoms with Crippen molar-refractivity contribution in [1.82, 2.24) is 24.1 Å². The van der Waals surface area contributed by atoms with E-state index in [2.05, 4.69) is 173 Å². The van der Waals surface area contributed by atoms with Crippen molar-refractivity contribution in [2.24, 2.45) is 0 Å². The number of nitrogens with zero attached hydrogens (tertiary/aromatic N) is 5. The van der Waals surface area contributed by atoms with E-state index >= 15 is 0 Å². The predicted octanol–water partition coefficient (Wildman–Crippen LogP) is 15.2. The van der Waals surface area contributed by atoms with Crippen molar-refractivity contribution in [2.45, 2.75) is 0 Å². The minimum atomic E-state index is 0.582. The second-order valence-corrected chi connectivity index (χ2v) is 17.3. The molecule has 4 heterocycles. The quantitative estimate of drug-likeness (QED) is 0.166. The van der Waals surface area contributed by atoms with E-state index < -0.39 is 0 Å². The summed E-state index contributed by atoms with van der Waals surface area (Å²) < 4.78 is 7.28. The number of hydrogen-bond donors (Lipinski definition) is 0. The summed E-state index contributed by atoms with van der Waals surface area (Å²) in [4.78, 5) is 15.8. The maximum atomic E-state index is 5.37. The number of thiophene rings is 1. The molecule has 4 aromatic heterocycles. The Balaban J connectivity index is 1.25. The van der Waals surface area contributed by atoms with Crippen molar-refractivity contribution in [3.05, 3.63) is 200 Å². The van der Waals surface area contributed by atoms with Crippen LogP contribution in [0.3, 0.4) is 0 Å². The molecule has 14 rings (SSSR count). The number of para-hydroxylation sites is 2. The number of rotatable bonds is 4. The second kappa shape index (κ2) is 13.2. The molecule has 14 aromatic rings. The minimum absolute atomic E-state index is 0.582. The van der Waals surface area contributed by atoms with Gasteiger partial charge in [-0.1, -0.05) is 164 Å². The monoisotopic (exact) mass is 819 g/mol. The van der Waals surface area contributed by atoms with E-state index in [0.29, 0.717) is 17.6 Å². The van der Waals surface area contributed by atoms with Crippen molar-refractivity contribution in [1.29, 1.82) is 0 Å². The van der Waals surface area contributed by atoms with Crippen LogP contribution in [-0.4, -0.2) is 24.1 Å². The molecule has 10 aromatic carbocycles. The van der Waals surface area contributed by atoms with Crippen molar-refractivity contribution in [2.75, 3.05) is 0 Å². The smallest absolute Gasteiger partial charge is 0.238 e. The van der Waals surface area contributed by atoms with Gasteiger partial charge < -0.3 is 4.57 Å². The molecule has 0 amide bonds. The summed E-state index contributed by atoms with van der Waals surface area (Å²) >= 11 is 1.85. The summed E-state index contributed by atoms with van der Waals surface area (Å²) in [5.41, 5.74) is 7.44. The van der Waals surface area contributed by atoms with Crippen molar-refractivity contribution < 1.29 is 0 Å². The maximum Gasteiger partial charge on any atom is 0.238 e. The molecule has 292 valence electrons. The molecule has 63 heavy (non-hydrogen) atoms. The minimum Gasteiger partial charge on any atom is -0.308 e. The van der Waals surface area contributed by atoms with Crippen LogP contribution in [0.4, 0.5) is 0 Å². The van der Waals surface area contributed by atoms with Gasteiger partial charge in [0.05, 0.1) is 26.8 Å². The average Bonchev–Trinajstić information content (AvgIpc) is 4.02. The van der Waals surface area contributed by atoms with E-state index in [1.807, 2.05) is 47.7 Å². The predicted molar refractivity (Wildman–Crippen MR) is 265 cm³/mol. The van der Waals surface area contributed by atoms with E-state index in [4.69, 9.17) is 15.0 Å². The van der Waals surface area contributed by atoms with E-state index in [9.17, 15) is 0 Å². The topological polar surface area (TPSA) is 48.5 Å². The Bertz CT molecular complexity index is 4130. The van der Waals surface area contributed by atoms with Crippen molar-refractivity contribution in [3.8, 4) is 34.4 Å². The van der Waals surface area contributed by atoms with Gasteiger partial charge in [-0.15, -0.1) is 11.3 Å². The number of benzene rings is 10. The first-order valence-corrected chi connectivity index (χ1v) is 22.1. The first-order chi connectivity index (χ1) is 31.3. The lowest BCUT2D eigenvalue weighted by Gasteiger charge is -2.13. The Morgan fingerprint density at radius 2 is 0.841 bits per heavy atom. The van der Waals surface area contributed by atoms with Crippen molar-refractivity contribution >= 4 is 107 Å². The van der Waals surface area contributed by atoms with Crippen LogP contribution in [0.1, 0.15) is 0 Å². The average molecular weight is 820 g/mol. The fourth-order valence-corrected chi connectivity index (χ4v) is 11.5. The molecule has 0 radical (unpaired) electrons. The summed E-state index contributed by atoms with van der Waals surface area (Å²) in [7, 11) is 0. The molecule has 0 saturated heterocycles. The summed E-state index contributed by atoms with van der Waals surface area (Å²) in [6, 6.07) is 71.8. The van der Waals surface area contributed by atoms with Crippen LogP contribution in [0.15, 0.2) is 200 Å². The van der Waals surface area contributed by atoms with Gasteiger partial charge in [0.1, 0.15) is 0 Å². The van der Waals surface area contributed by atoms with Crippen molar-refractivity contribution in [3.63, 3.8) is 0 Å². The first-order valence-electron chi connectivity index (χ1n) is 21.3. The summed E-state index contributed by atoms with van der Waals surface area (Å²) in [6.07, 6.45) is 0. The van der Waals surface area contributed by atoms with E-state index in [1.54, 1.807) is 0 Å². The highest BCUT2D eigenvalue weighted by Crippen LogP contribution is 2.52. The van der Waals surface area contributed by atoms with E-state index in [-0.39, 0.29) is 0 Å². The van der Waals surface area contributed by atoms with Crippen LogP contribution in [0.5, 0.6) is 0 Å².